The molecule has 1 heterocycles. The lowest BCUT2D eigenvalue weighted by Gasteiger charge is -2.49. The van der Waals surface area contributed by atoms with Gasteiger partial charge in [0.15, 0.2) is 23.1 Å². The van der Waals surface area contributed by atoms with Crippen LogP contribution >= 0.6 is 11.6 Å². The van der Waals surface area contributed by atoms with E-state index >= 15 is 0 Å². The van der Waals surface area contributed by atoms with Crippen LogP contribution in [-0.4, -0.2) is 29.6 Å². The van der Waals surface area contributed by atoms with Gasteiger partial charge in [0.05, 0.1) is 11.6 Å². The van der Waals surface area contributed by atoms with E-state index in [0.717, 1.165) is 36.2 Å². The Morgan fingerprint density at radius 1 is 0.809 bits per heavy atom. The van der Waals surface area contributed by atoms with Gasteiger partial charge in [0, 0.05) is 47.8 Å². The second kappa shape index (κ2) is 13.0. The fraction of sp³-hybridized carbons (Fsp3) is 0.400. The number of ether oxygens (including phenoxy) is 2. The number of Topliss-reactive ketones (excluding diaryl/α,β-unsaturated/α-hetero) is 2. The maximum Gasteiger partial charge on any atom is 0.180 e. The molecule has 3 aromatic rings. The van der Waals surface area contributed by atoms with Gasteiger partial charge < -0.3 is 14.4 Å². The van der Waals surface area contributed by atoms with Crippen molar-refractivity contribution in [3.63, 3.8) is 0 Å². The number of hydrogen-bond donors (Lipinski definition) is 0. The van der Waals surface area contributed by atoms with Crippen LogP contribution in [0.3, 0.4) is 0 Å². The van der Waals surface area contributed by atoms with E-state index < -0.39 is 5.92 Å². The zero-order valence-electron chi connectivity index (χ0n) is 27.9. The first-order chi connectivity index (χ1) is 22.4. The van der Waals surface area contributed by atoms with E-state index in [1.165, 1.54) is 17.7 Å². The molecule has 0 bridgehead atoms. The van der Waals surface area contributed by atoms with Gasteiger partial charge in [0.1, 0.15) is 12.4 Å². The standard InChI is InChI=1S/C40H43ClFNO4/c1-6-46-34-19-27(18-29(41)38(34)47-24-26-13-10-14-28(42)17-26)35-36-30(20-39(2,3)22-32(36)44)43(16-15-25-11-8-7-9-12-25)31-21-40(4,5)23-33(45)37(31)35/h7-14,17-19,35H,6,15-16,20-24H2,1-5H3. The van der Waals surface area contributed by atoms with E-state index in [1.807, 2.05) is 37.3 Å². The predicted octanol–water partition coefficient (Wildman–Crippen LogP) is 9.39. The molecule has 0 atom stereocenters. The van der Waals surface area contributed by atoms with Crippen molar-refractivity contribution in [3.05, 3.63) is 117 Å². The SMILES string of the molecule is CCOc1cc(C2C3=C(CC(C)(C)CC3=O)N(CCc3ccccc3)C3=C2C(=O)CC(C)(C)C3)cc(Cl)c1OCc1cccc(F)c1. The molecular weight excluding hydrogens is 613 g/mol. The van der Waals surface area contributed by atoms with Crippen molar-refractivity contribution < 1.29 is 23.5 Å². The number of ketones is 2. The van der Waals surface area contributed by atoms with Crippen LogP contribution in [0.1, 0.15) is 82.9 Å². The number of carbonyl (C=O) groups is 2. The summed E-state index contributed by atoms with van der Waals surface area (Å²) in [7, 11) is 0. The van der Waals surface area contributed by atoms with Gasteiger partial charge in [-0.2, -0.15) is 0 Å². The fourth-order valence-electron chi connectivity index (χ4n) is 7.48. The Labute approximate surface area is 282 Å². The van der Waals surface area contributed by atoms with Crippen LogP contribution < -0.4 is 9.47 Å². The summed E-state index contributed by atoms with van der Waals surface area (Å²) in [6.45, 7) is 11.6. The highest BCUT2D eigenvalue weighted by Gasteiger charge is 2.49. The lowest BCUT2D eigenvalue weighted by Crippen LogP contribution is -2.45. The molecule has 5 nitrogen and oxygen atoms in total. The zero-order chi connectivity index (χ0) is 33.5. The minimum absolute atomic E-state index is 0.0654. The highest BCUT2D eigenvalue weighted by Crippen LogP contribution is 2.55. The Balaban J connectivity index is 1.48. The summed E-state index contributed by atoms with van der Waals surface area (Å²) < 4.78 is 26.0. The molecule has 0 unspecified atom stereocenters. The summed E-state index contributed by atoms with van der Waals surface area (Å²) in [6, 6.07) is 20.3. The lowest BCUT2D eigenvalue weighted by atomic mass is 9.63. The summed E-state index contributed by atoms with van der Waals surface area (Å²) in [6.07, 6.45) is 3.05. The molecular formula is C40H43ClFNO4. The van der Waals surface area contributed by atoms with Gasteiger partial charge in [-0.25, -0.2) is 4.39 Å². The molecule has 0 fully saturated rings. The summed E-state index contributed by atoms with van der Waals surface area (Å²) in [5, 5.41) is 0.310. The third-order valence-electron chi connectivity index (χ3n) is 9.43. The summed E-state index contributed by atoms with van der Waals surface area (Å²) in [5.74, 6) is -0.00575. The molecule has 0 saturated heterocycles. The molecule has 246 valence electrons. The van der Waals surface area contributed by atoms with Crippen LogP contribution in [0.5, 0.6) is 11.5 Å². The number of halogens is 2. The molecule has 3 aliphatic rings. The molecule has 0 N–H and O–H groups in total. The topological polar surface area (TPSA) is 55.8 Å². The van der Waals surface area contributed by atoms with E-state index in [2.05, 4.69) is 44.7 Å². The zero-order valence-corrected chi connectivity index (χ0v) is 28.7. The third-order valence-corrected chi connectivity index (χ3v) is 9.71. The molecule has 3 aromatic carbocycles. The van der Waals surface area contributed by atoms with E-state index in [1.54, 1.807) is 12.1 Å². The van der Waals surface area contributed by atoms with Crippen LogP contribution in [0.25, 0.3) is 0 Å². The van der Waals surface area contributed by atoms with Gasteiger partial charge in [0.2, 0.25) is 0 Å². The third kappa shape index (κ3) is 6.89. The number of allylic oxidation sites excluding steroid dienone is 4. The molecule has 0 amide bonds. The van der Waals surface area contributed by atoms with Gasteiger partial charge >= 0.3 is 0 Å². The molecule has 0 aromatic heterocycles. The Morgan fingerprint density at radius 2 is 1.43 bits per heavy atom. The lowest BCUT2D eigenvalue weighted by molar-refractivity contribution is -0.119. The van der Waals surface area contributed by atoms with E-state index in [-0.39, 0.29) is 34.8 Å². The van der Waals surface area contributed by atoms with Gasteiger partial charge in [-0.15, -0.1) is 0 Å². The smallest absolute Gasteiger partial charge is 0.180 e. The molecule has 7 heteroatoms. The van der Waals surface area contributed by atoms with Crippen molar-refractivity contribution in [2.75, 3.05) is 13.2 Å². The Bertz CT molecular complexity index is 1720. The first kappa shape index (κ1) is 33.0. The first-order valence-corrected chi connectivity index (χ1v) is 16.9. The van der Waals surface area contributed by atoms with Crippen molar-refractivity contribution in [1.82, 2.24) is 4.90 Å². The molecule has 0 saturated carbocycles. The summed E-state index contributed by atoms with van der Waals surface area (Å²) >= 11 is 6.96. The summed E-state index contributed by atoms with van der Waals surface area (Å²) in [4.78, 5) is 30.8. The normalized spacial score (nSPS) is 19.1. The second-order valence-corrected chi connectivity index (χ2v) is 15.0. The maximum atomic E-state index is 14.3. The highest BCUT2D eigenvalue weighted by molar-refractivity contribution is 6.32. The largest absolute Gasteiger partial charge is 0.490 e. The van der Waals surface area contributed by atoms with Crippen molar-refractivity contribution in [2.45, 2.75) is 79.2 Å². The molecule has 47 heavy (non-hydrogen) atoms. The summed E-state index contributed by atoms with van der Waals surface area (Å²) in [5.41, 5.74) is 5.57. The second-order valence-electron chi connectivity index (χ2n) is 14.6. The molecule has 0 spiro atoms. The fourth-order valence-corrected chi connectivity index (χ4v) is 7.75. The Hall–Kier alpha value is -3.90. The van der Waals surface area contributed by atoms with Crippen LogP contribution in [-0.2, 0) is 22.6 Å². The average Bonchev–Trinajstić information content (AvgIpc) is 2.99. The molecule has 2 aliphatic carbocycles. The Kier molecular flexibility index (Phi) is 9.10. The first-order valence-electron chi connectivity index (χ1n) is 16.5. The van der Waals surface area contributed by atoms with Gasteiger partial charge in [-0.3, -0.25) is 9.59 Å². The van der Waals surface area contributed by atoms with Crippen LogP contribution in [0.15, 0.2) is 89.3 Å². The average molecular weight is 656 g/mol. The van der Waals surface area contributed by atoms with E-state index in [9.17, 15) is 14.0 Å². The van der Waals surface area contributed by atoms with Gasteiger partial charge in [-0.1, -0.05) is 81.8 Å². The minimum Gasteiger partial charge on any atom is -0.490 e. The van der Waals surface area contributed by atoms with Gasteiger partial charge in [-0.05, 0) is 78.0 Å². The number of hydrogen-bond acceptors (Lipinski definition) is 5. The van der Waals surface area contributed by atoms with E-state index in [0.29, 0.717) is 59.2 Å². The number of carbonyl (C=O) groups excluding carboxylic acids is 2. The number of nitrogens with zero attached hydrogens (tertiary/aromatic N) is 1. The molecule has 1 aliphatic heterocycles. The minimum atomic E-state index is -0.561. The predicted molar refractivity (Wildman–Crippen MR) is 183 cm³/mol. The maximum absolute atomic E-state index is 14.3. The van der Waals surface area contributed by atoms with Crippen molar-refractivity contribution in [2.24, 2.45) is 10.8 Å². The van der Waals surface area contributed by atoms with Crippen molar-refractivity contribution in [3.8, 4) is 11.5 Å². The quantitative estimate of drug-likeness (QED) is 0.230. The Morgan fingerprint density at radius 3 is 2.02 bits per heavy atom. The van der Waals surface area contributed by atoms with E-state index in [4.69, 9.17) is 21.1 Å². The van der Waals surface area contributed by atoms with Crippen LogP contribution in [0, 0.1) is 16.6 Å². The number of rotatable bonds is 9. The van der Waals surface area contributed by atoms with Crippen molar-refractivity contribution >= 4 is 23.2 Å². The monoisotopic (exact) mass is 655 g/mol. The van der Waals surface area contributed by atoms with Crippen LogP contribution in [0.4, 0.5) is 4.39 Å². The number of benzene rings is 3. The highest BCUT2D eigenvalue weighted by atomic mass is 35.5. The molecule has 6 rings (SSSR count). The van der Waals surface area contributed by atoms with Crippen LogP contribution in [0.2, 0.25) is 5.02 Å². The molecule has 0 radical (unpaired) electrons. The van der Waals surface area contributed by atoms with Gasteiger partial charge in [0.25, 0.3) is 0 Å². The van der Waals surface area contributed by atoms with Crippen molar-refractivity contribution in [1.29, 1.82) is 0 Å².